The molecule has 0 radical (unpaired) electrons. The second kappa shape index (κ2) is 5.10. The summed E-state index contributed by atoms with van der Waals surface area (Å²) in [6.07, 6.45) is 3.00. The van der Waals surface area contributed by atoms with Crippen LogP contribution in [0.5, 0.6) is 0 Å². The third-order valence-corrected chi connectivity index (χ3v) is 3.50. The number of nitrogens with zero attached hydrogens (tertiary/aromatic N) is 2. The highest BCUT2D eigenvalue weighted by Gasteiger charge is 2.31. The lowest BCUT2D eigenvalue weighted by Gasteiger charge is -2.39. The summed E-state index contributed by atoms with van der Waals surface area (Å²) >= 11 is 0. The van der Waals surface area contributed by atoms with E-state index in [1.807, 2.05) is 19.2 Å². The Hall–Kier alpha value is -1.00. The fourth-order valence-electron chi connectivity index (χ4n) is 2.38. The second-order valence-corrected chi connectivity index (χ2v) is 5.48. The van der Waals surface area contributed by atoms with Crippen LogP contribution < -0.4 is 10.6 Å². The van der Waals surface area contributed by atoms with Crippen LogP contribution in [0.1, 0.15) is 31.8 Å². The molecule has 4 nitrogen and oxygen atoms in total. The lowest BCUT2D eigenvalue weighted by molar-refractivity contribution is 0.183. The topological polar surface area (TPSA) is 49.8 Å². The zero-order valence-electron chi connectivity index (χ0n) is 11.0. The van der Waals surface area contributed by atoms with Crippen LogP contribution in [0.15, 0.2) is 12.3 Å². The molecule has 4 heteroatoms. The lowest BCUT2D eigenvalue weighted by atomic mass is 9.80. The normalized spacial score (nSPS) is 23.6. The Bertz CT molecular complexity index is 375. The van der Waals surface area contributed by atoms with Crippen molar-refractivity contribution in [1.82, 2.24) is 20.6 Å². The maximum Gasteiger partial charge on any atom is 0.125 e. The molecular weight excluding hydrogens is 212 g/mol. The first kappa shape index (κ1) is 12.5. The van der Waals surface area contributed by atoms with Gasteiger partial charge in [0.1, 0.15) is 5.82 Å². The summed E-state index contributed by atoms with van der Waals surface area (Å²) in [6.45, 7) is 9.55. The predicted molar refractivity (Wildman–Crippen MR) is 68.7 cm³/mol. The van der Waals surface area contributed by atoms with Crippen molar-refractivity contribution in [3.63, 3.8) is 0 Å². The van der Waals surface area contributed by atoms with Gasteiger partial charge in [-0.1, -0.05) is 13.8 Å². The number of hydrogen-bond donors (Lipinski definition) is 2. The van der Waals surface area contributed by atoms with E-state index in [-0.39, 0.29) is 0 Å². The SMILES string of the molecule is Cc1nccc(CNC2CCNCC2(C)C)n1. The molecule has 94 valence electrons. The van der Waals surface area contributed by atoms with Gasteiger partial charge in [-0.05, 0) is 31.4 Å². The summed E-state index contributed by atoms with van der Waals surface area (Å²) in [6, 6.07) is 2.53. The Labute approximate surface area is 103 Å². The average molecular weight is 234 g/mol. The minimum Gasteiger partial charge on any atom is -0.316 e. The van der Waals surface area contributed by atoms with Gasteiger partial charge in [0.15, 0.2) is 0 Å². The van der Waals surface area contributed by atoms with Gasteiger partial charge < -0.3 is 10.6 Å². The van der Waals surface area contributed by atoms with Crippen molar-refractivity contribution in [3.8, 4) is 0 Å². The molecule has 0 bridgehead atoms. The van der Waals surface area contributed by atoms with Crippen molar-refractivity contribution in [2.24, 2.45) is 5.41 Å². The molecule has 2 heterocycles. The number of rotatable bonds is 3. The van der Waals surface area contributed by atoms with Gasteiger partial charge in [0, 0.05) is 25.3 Å². The van der Waals surface area contributed by atoms with Crippen LogP contribution in [-0.2, 0) is 6.54 Å². The van der Waals surface area contributed by atoms with Crippen molar-refractivity contribution in [1.29, 1.82) is 0 Å². The van der Waals surface area contributed by atoms with E-state index >= 15 is 0 Å². The largest absolute Gasteiger partial charge is 0.316 e. The minimum atomic E-state index is 0.306. The molecule has 1 saturated heterocycles. The van der Waals surface area contributed by atoms with Crippen LogP contribution in [0, 0.1) is 12.3 Å². The van der Waals surface area contributed by atoms with E-state index in [4.69, 9.17) is 0 Å². The molecule has 1 aromatic heterocycles. The first-order valence-corrected chi connectivity index (χ1v) is 6.30. The molecule has 2 rings (SSSR count). The molecule has 0 aromatic carbocycles. The zero-order chi connectivity index (χ0) is 12.3. The maximum atomic E-state index is 4.42. The Morgan fingerprint density at radius 1 is 1.53 bits per heavy atom. The van der Waals surface area contributed by atoms with Crippen LogP contribution in [0.2, 0.25) is 0 Å². The highest BCUT2D eigenvalue weighted by Crippen LogP contribution is 2.25. The Morgan fingerprint density at radius 3 is 3.06 bits per heavy atom. The second-order valence-electron chi connectivity index (χ2n) is 5.48. The summed E-state index contributed by atoms with van der Waals surface area (Å²) < 4.78 is 0. The van der Waals surface area contributed by atoms with Crippen LogP contribution in [0.4, 0.5) is 0 Å². The number of piperidine rings is 1. The minimum absolute atomic E-state index is 0.306. The monoisotopic (exact) mass is 234 g/mol. The van der Waals surface area contributed by atoms with Gasteiger partial charge >= 0.3 is 0 Å². The summed E-state index contributed by atoms with van der Waals surface area (Å²) in [5, 5.41) is 7.07. The average Bonchev–Trinajstić information content (AvgIpc) is 2.27. The smallest absolute Gasteiger partial charge is 0.125 e. The first-order chi connectivity index (χ1) is 8.08. The van der Waals surface area contributed by atoms with E-state index in [1.165, 1.54) is 6.42 Å². The molecule has 0 spiro atoms. The van der Waals surface area contributed by atoms with Crippen molar-refractivity contribution in [2.75, 3.05) is 13.1 Å². The summed E-state index contributed by atoms with van der Waals surface area (Å²) in [7, 11) is 0. The van der Waals surface area contributed by atoms with E-state index < -0.39 is 0 Å². The standard InChI is InChI=1S/C13H22N4/c1-10-15-7-4-11(17-10)8-16-12-5-6-14-9-13(12,2)3/h4,7,12,14,16H,5-6,8-9H2,1-3H3. The third kappa shape index (κ3) is 3.23. The first-order valence-electron chi connectivity index (χ1n) is 6.30. The highest BCUT2D eigenvalue weighted by molar-refractivity contribution is 5.02. The molecule has 1 fully saturated rings. The van der Waals surface area contributed by atoms with Crippen molar-refractivity contribution >= 4 is 0 Å². The Morgan fingerprint density at radius 2 is 2.35 bits per heavy atom. The van der Waals surface area contributed by atoms with Gasteiger partial charge in [0.25, 0.3) is 0 Å². The predicted octanol–water partition coefficient (Wildman–Crippen LogP) is 1.26. The highest BCUT2D eigenvalue weighted by atomic mass is 15.0. The summed E-state index contributed by atoms with van der Waals surface area (Å²) in [4.78, 5) is 8.53. The fourth-order valence-corrected chi connectivity index (χ4v) is 2.38. The molecule has 1 aliphatic heterocycles. The number of nitrogens with one attached hydrogen (secondary N) is 2. The van der Waals surface area contributed by atoms with Gasteiger partial charge in [-0.15, -0.1) is 0 Å². The van der Waals surface area contributed by atoms with Gasteiger partial charge in [0.2, 0.25) is 0 Å². The van der Waals surface area contributed by atoms with E-state index in [9.17, 15) is 0 Å². The number of aromatic nitrogens is 2. The molecule has 0 amide bonds. The molecule has 1 unspecified atom stereocenters. The van der Waals surface area contributed by atoms with Crippen LogP contribution in [-0.4, -0.2) is 29.1 Å². The number of aryl methyl sites for hydroxylation is 1. The molecule has 0 aliphatic carbocycles. The van der Waals surface area contributed by atoms with E-state index in [1.54, 1.807) is 0 Å². The quantitative estimate of drug-likeness (QED) is 0.827. The molecule has 17 heavy (non-hydrogen) atoms. The fraction of sp³-hybridized carbons (Fsp3) is 0.692. The van der Waals surface area contributed by atoms with Crippen LogP contribution in [0.3, 0.4) is 0 Å². The third-order valence-electron chi connectivity index (χ3n) is 3.50. The van der Waals surface area contributed by atoms with Gasteiger partial charge in [-0.3, -0.25) is 0 Å². The van der Waals surface area contributed by atoms with Gasteiger partial charge in [0.05, 0.1) is 5.69 Å². The Kier molecular flexibility index (Phi) is 3.74. The zero-order valence-corrected chi connectivity index (χ0v) is 11.0. The van der Waals surface area contributed by atoms with Gasteiger partial charge in [-0.25, -0.2) is 9.97 Å². The Balaban J connectivity index is 1.93. The summed E-state index contributed by atoms with van der Waals surface area (Å²) in [5.74, 6) is 0.842. The lowest BCUT2D eigenvalue weighted by Crippen LogP contribution is -2.52. The van der Waals surface area contributed by atoms with Gasteiger partial charge in [-0.2, -0.15) is 0 Å². The summed E-state index contributed by atoms with van der Waals surface area (Å²) in [5.41, 5.74) is 1.38. The van der Waals surface area contributed by atoms with Crippen molar-refractivity contribution in [3.05, 3.63) is 23.8 Å². The van der Waals surface area contributed by atoms with Crippen molar-refractivity contribution < 1.29 is 0 Å². The van der Waals surface area contributed by atoms with Crippen LogP contribution >= 0.6 is 0 Å². The van der Waals surface area contributed by atoms with E-state index in [0.29, 0.717) is 11.5 Å². The molecular formula is C13H22N4. The molecule has 1 aromatic rings. The molecule has 1 aliphatic rings. The van der Waals surface area contributed by atoms with E-state index in [0.717, 1.165) is 31.2 Å². The molecule has 2 N–H and O–H groups in total. The van der Waals surface area contributed by atoms with Crippen molar-refractivity contribution in [2.45, 2.75) is 39.8 Å². The number of hydrogen-bond acceptors (Lipinski definition) is 4. The maximum absolute atomic E-state index is 4.42. The van der Waals surface area contributed by atoms with Crippen LogP contribution in [0.25, 0.3) is 0 Å². The molecule has 1 atom stereocenters. The molecule has 0 saturated carbocycles. The van der Waals surface area contributed by atoms with E-state index in [2.05, 4.69) is 34.4 Å².